The number of nitrogens with zero attached hydrogens (tertiary/aromatic N) is 3. The number of ether oxygens (including phenoxy) is 2. The monoisotopic (exact) mass is 509 g/mol. The number of carbonyl (C=O) groups is 1. The van der Waals surface area contributed by atoms with Crippen molar-refractivity contribution in [3.05, 3.63) is 83.6 Å². The lowest BCUT2D eigenvalue weighted by Gasteiger charge is -2.12. The number of anilines is 2. The summed E-state index contributed by atoms with van der Waals surface area (Å²) in [5.74, 6) is 2.20. The van der Waals surface area contributed by atoms with Crippen LogP contribution >= 0.6 is 23.4 Å². The highest BCUT2D eigenvalue weighted by atomic mass is 35.5. The first kappa shape index (κ1) is 24.4. The second kappa shape index (κ2) is 11.6. The minimum absolute atomic E-state index is 0.154. The standard InChI is InChI=1S/C25H24ClN5O3S/c1-33-21-10-6-18(7-11-21)27-15-23-29-30-25(31(23)20-5-3-4-17(26)14-20)35-16-24(32)28-19-8-12-22(34-2)13-9-19/h3-14,27H,15-16H2,1-2H3,(H,28,32). The summed E-state index contributed by atoms with van der Waals surface area (Å²) in [6, 6.07) is 22.2. The van der Waals surface area contributed by atoms with E-state index in [1.165, 1.54) is 11.8 Å². The first-order chi connectivity index (χ1) is 17.1. The number of carbonyl (C=O) groups excluding carboxylic acids is 1. The van der Waals surface area contributed by atoms with Crippen LogP contribution in [0.3, 0.4) is 0 Å². The summed E-state index contributed by atoms with van der Waals surface area (Å²) in [5.41, 5.74) is 2.42. The number of benzene rings is 3. The molecule has 0 atom stereocenters. The van der Waals surface area contributed by atoms with Crippen molar-refractivity contribution in [2.24, 2.45) is 0 Å². The molecule has 4 rings (SSSR count). The molecule has 8 nitrogen and oxygen atoms in total. The number of methoxy groups -OCH3 is 2. The molecule has 0 bridgehead atoms. The number of halogens is 1. The largest absolute Gasteiger partial charge is 0.497 e. The Balaban J connectivity index is 1.48. The summed E-state index contributed by atoms with van der Waals surface area (Å²) in [4.78, 5) is 12.5. The molecular weight excluding hydrogens is 486 g/mol. The fraction of sp³-hybridized carbons (Fsp3) is 0.160. The normalized spacial score (nSPS) is 10.6. The van der Waals surface area contributed by atoms with Gasteiger partial charge in [-0.2, -0.15) is 0 Å². The Bertz CT molecular complexity index is 1280. The van der Waals surface area contributed by atoms with Gasteiger partial charge >= 0.3 is 0 Å². The van der Waals surface area contributed by atoms with Crippen molar-refractivity contribution in [3.8, 4) is 17.2 Å². The Morgan fingerprint density at radius 3 is 2.23 bits per heavy atom. The Morgan fingerprint density at radius 1 is 0.943 bits per heavy atom. The van der Waals surface area contributed by atoms with Crippen molar-refractivity contribution >= 4 is 40.6 Å². The number of amides is 1. The Hall–Kier alpha value is -3.69. The Morgan fingerprint density at radius 2 is 1.60 bits per heavy atom. The zero-order valence-electron chi connectivity index (χ0n) is 19.2. The molecule has 0 spiro atoms. The van der Waals surface area contributed by atoms with Crippen LogP contribution in [0.5, 0.6) is 11.5 Å². The molecular formula is C25H24ClN5O3S. The number of rotatable bonds is 10. The van der Waals surface area contributed by atoms with Gasteiger partial charge in [0.05, 0.1) is 32.2 Å². The molecule has 0 radical (unpaired) electrons. The lowest BCUT2D eigenvalue weighted by atomic mass is 10.3. The highest BCUT2D eigenvalue weighted by molar-refractivity contribution is 7.99. The number of hydrogen-bond acceptors (Lipinski definition) is 7. The molecule has 0 aliphatic rings. The van der Waals surface area contributed by atoms with Gasteiger partial charge < -0.3 is 20.1 Å². The molecule has 0 fully saturated rings. The van der Waals surface area contributed by atoms with Gasteiger partial charge in [0.2, 0.25) is 5.91 Å². The van der Waals surface area contributed by atoms with Crippen LogP contribution < -0.4 is 20.1 Å². The molecule has 0 aliphatic carbocycles. The maximum atomic E-state index is 12.5. The minimum atomic E-state index is -0.154. The molecule has 0 unspecified atom stereocenters. The SMILES string of the molecule is COc1ccc(NCc2nnc(SCC(=O)Nc3ccc(OC)cc3)n2-c2cccc(Cl)c2)cc1. The van der Waals surface area contributed by atoms with Crippen LogP contribution in [0.15, 0.2) is 78.0 Å². The summed E-state index contributed by atoms with van der Waals surface area (Å²) in [5, 5.41) is 16.1. The molecule has 0 saturated carbocycles. The third-order valence-corrected chi connectivity index (χ3v) is 6.18. The summed E-state index contributed by atoms with van der Waals surface area (Å²) in [6.07, 6.45) is 0. The summed E-state index contributed by atoms with van der Waals surface area (Å²) < 4.78 is 12.3. The second-order valence-corrected chi connectivity index (χ2v) is 8.74. The predicted molar refractivity (Wildman–Crippen MR) is 139 cm³/mol. The van der Waals surface area contributed by atoms with Gasteiger partial charge in [0, 0.05) is 16.4 Å². The van der Waals surface area contributed by atoms with E-state index >= 15 is 0 Å². The summed E-state index contributed by atoms with van der Waals surface area (Å²) >= 11 is 7.54. The van der Waals surface area contributed by atoms with Crippen LogP contribution in [-0.2, 0) is 11.3 Å². The molecule has 4 aromatic rings. The van der Waals surface area contributed by atoms with Gasteiger partial charge in [-0.05, 0) is 66.7 Å². The molecule has 2 N–H and O–H groups in total. The van der Waals surface area contributed by atoms with Gasteiger partial charge in [-0.25, -0.2) is 0 Å². The third kappa shape index (κ3) is 6.46. The van der Waals surface area contributed by atoms with Crippen molar-refractivity contribution in [2.75, 3.05) is 30.6 Å². The van der Waals surface area contributed by atoms with Gasteiger partial charge in [-0.3, -0.25) is 9.36 Å². The molecule has 1 aromatic heterocycles. The van der Waals surface area contributed by atoms with Gasteiger partial charge in [0.15, 0.2) is 11.0 Å². The number of thioether (sulfide) groups is 1. The van der Waals surface area contributed by atoms with Crippen LogP contribution in [0.4, 0.5) is 11.4 Å². The van der Waals surface area contributed by atoms with Crippen LogP contribution in [-0.4, -0.2) is 40.6 Å². The van der Waals surface area contributed by atoms with Crippen molar-refractivity contribution < 1.29 is 14.3 Å². The summed E-state index contributed by atoms with van der Waals surface area (Å²) in [7, 11) is 3.23. The van der Waals surface area contributed by atoms with E-state index in [4.69, 9.17) is 21.1 Å². The maximum Gasteiger partial charge on any atom is 0.234 e. The fourth-order valence-electron chi connectivity index (χ4n) is 3.27. The van der Waals surface area contributed by atoms with Gasteiger partial charge in [0.25, 0.3) is 0 Å². The quantitative estimate of drug-likeness (QED) is 0.281. The minimum Gasteiger partial charge on any atom is -0.497 e. The smallest absolute Gasteiger partial charge is 0.234 e. The molecule has 35 heavy (non-hydrogen) atoms. The predicted octanol–water partition coefficient (Wildman–Crippen LogP) is 5.28. The second-order valence-electron chi connectivity index (χ2n) is 7.36. The number of aromatic nitrogens is 3. The van der Waals surface area contributed by atoms with Gasteiger partial charge in [-0.15, -0.1) is 10.2 Å². The van der Waals surface area contributed by atoms with Crippen LogP contribution in [0, 0.1) is 0 Å². The average Bonchev–Trinajstić information content (AvgIpc) is 3.30. The van der Waals surface area contributed by atoms with Crippen LogP contribution in [0.25, 0.3) is 5.69 Å². The zero-order valence-corrected chi connectivity index (χ0v) is 20.8. The van der Waals surface area contributed by atoms with Gasteiger partial charge in [-0.1, -0.05) is 29.4 Å². The van der Waals surface area contributed by atoms with Crippen molar-refractivity contribution in [1.82, 2.24) is 14.8 Å². The molecule has 0 saturated heterocycles. The topological polar surface area (TPSA) is 90.3 Å². The Kier molecular flexibility index (Phi) is 8.12. The molecule has 1 amide bonds. The summed E-state index contributed by atoms with van der Waals surface area (Å²) in [6.45, 7) is 0.421. The molecule has 10 heteroatoms. The number of nitrogens with one attached hydrogen (secondary N) is 2. The van der Waals surface area contributed by atoms with Crippen molar-refractivity contribution in [3.63, 3.8) is 0 Å². The number of hydrogen-bond donors (Lipinski definition) is 2. The highest BCUT2D eigenvalue weighted by Gasteiger charge is 2.16. The van der Waals surface area contributed by atoms with Crippen molar-refractivity contribution in [1.29, 1.82) is 0 Å². The van der Waals surface area contributed by atoms with E-state index in [2.05, 4.69) is 20.8 Å². The lowest BCUT2D eigenvalue weighted by Crippen LogP contribution is -2.15. The molecule has 1 heterocycles. The highest BCUT2D eigenvalue weighted by Crippen LogP contribution is 2.25. The van der Waals surface area contributed by atoms with Crippen molar-refractivity contribution in [2.45, 2.75) is 11.7 Å². The van der Waals surface area contributed by atoms with E-state index < -0.39 is 0 Å². The first-order valence-electron chi connectivity index (χ1n) is 10.7. The maximum absolute atomic E-state index is 12.5. The van der Waals surface area contributed by atoms with E-state index in [0.717, 1.165) is 22.9 Å². The lowest BCUT2D eigenvalue weighted by molar-refractivity contribution is -0.113. The molecule has 3 aromatic carbocycles. The van der Waals surface area contributed by atoms with E-state index in [-0.39, 0.29) is 11.7 Å². The zero-order chi connectivity index (χ0) is 24.6. The average molecular weight is 510 g/mol. The Labute approximate surface area is 212 Å². The van der Waals surface area contributed by atoms with Crippen LogP contribution in [0.1, 0.15) is 5.82 Å². The van der Waals surface area contributed by atoms with E-state index in [1.807, 2.05) is 47.0 Å². The molecule has 180 valence electrons. The van der Waals surface area contributed by atoms with E-state index in [0.29, 0.717) is 28.2 Å². The fourth-order valence-corrected chi connectivity index (χ4v) is 4.23. The molecule has 0 aliphatic heterocycles. The third-order valence-electron chi connectivity index (χ3n) is 5.01. The van der Waals surface area contributed by atoms with E-state index in [1.54, 1.807) is 44.6 Å². The van der Waals surface area contributed by atoms with Crippen LogP contribution in [0.2, 0.25) is 5.02 Å². The van der Waals surface area contributed by atoms with E-state index in [9.17, 15) is 4.79 Å². The first-order valence-corrected chi connectivity index (χ1v) is 12.1. The van der Waals surface area contributed by atoms with Gasteiger partial charge in [0.1, 0.15) is 11.5 Å².